The molecule has 1 amide bonds. The highest BCUT2D eigenvalue weighted by Gasteiger charge is 2.37. The molecule has 0 spiro atoms. The number of nitrogens with zero attached hydrogens (tertiary/aromatic N) is 3. The number of benzene rings is 1. The summed E-state index contributed by atoms with van der Waals surface area (Å²) in [5, 5.41) is 2.85. The molecule has 8 heteroatoms. The number of hydrogen-bond acceptors (Lipinski definition) is 4. The van der Waals surface area contributed by atoms with Gasteiger partial charge in [-0.15, -0.1) is 0 Å². The molecule has 0 radical (unpaired) electrons. The van der Waals surface area contributed by atoms with Crippen molar-refractivity contribution in [2.75, 3.05) is 5.32 Å². The molecule has 33 heavy (non-hydrogen) atoms. The molecule has 1 aliphatic carbocycles. The van der Waals surface area contributed by atoms with Crippen LogP contribution in [0.4, 0.5) is 18.9 Å². The summed E-state index contributed by atoms with van der Waals surface area (Å²) in [5.41, 5.74) is 1.80. The van der Waals surface area contributed by atoms with Crippen LogP contribution in [-0.2, 0) is 0 Å². The van der Waals surface area contributed by atoms with Gasteiger partial charge in [0.05, 0.1) is 16.9 Å². The van der Waals surface area contributed by atoms with Gasteiger partial charge in [-0.05, 0) is 25.0 Å². The average molecular weight is 454 g/mol. The third-order valence-electron chi connectivity index (χ3n) is 5.94. The zero-order valence-electron chi connectivity index (χ0n) is 18.5. The van der Waals surface area contributed by atoms with E-state index in [9.17, 15) is 18.0 Å². The molecule has 5 nitrogen and oxygen atoms in total. The van der Waals surface area contributed by atoms with Crippen LogP contribution >= 0.6 is 0 Å². The van der Waals surface area contributed by atoms with Crippen molar-refractivity contribution in [1.82, 2.24) is 15.0 Å². The molecule has 0 aliphatic heterocycles. The summed E-state index contributed by atoms with van der Waals surface area (Å²) in [7, 11) is 0. The molecule has 0 saturated heterocycles. The minimum Gasteiger partial charge on any atom is -0.320 e. The Hall–Kier alpha value is -3.29. The first kappa shape index (κ1) is 22.9. The number of pyridine rings is 1. The number of rotatable bonds is 5. The Bertz CT molecular complexity index is 1140. The fraction of sp³-hybridized carbons (Fsp3) is 0.360. The second-order valence-electron chi connectivity index (χ2n) is 8.67. The highest BCUT2D eigenvalue weighted by molar-refractivity contribution is 6.06. The van der Waals surface area contributed by atoms with E-state index >= 15 is 0 Å². The Balaban J connectivity index is 1.73. The molecule has 0 atom stereocenters. The molecular weight excluding hydrogens is 429 g/mol. The van der Waals surface area contributed by atoms with Gasteiger partial charge in [-0.3, -0.25) is 9.78 Å². The Kier molecular flexibility index (Phi) is 6.44. The van der Waals surface area contributed by atoms with E-state index in [-0.39, 0.29) is 43.1 Å². The van der Waals surface area contributed by atoms with Crippen LogP contribution in [0.5, 0.6) is 0 Å². The first-order valence-corrected chi connectivity index (χ1v) is 11.0. The summed E-state index contributed by atoms with van der Waals surface area (Å²) in [6.07, 6.45) is 4.38. The third-order valence-corrected chi connectivity index (χ3v) is 5.94. The lowest BCUT2D eigenvalue weighted by molar-refractivity contribution is -0.0384. The van der Waals surface area contributed by atoms with Gasteiger partial charge in [0, 0.05) is 54.4 Å². The van der Waals surface area contributed by atoms with E-state index in [0.717, 1.165) is 0 Å². The lowest BCUT2D eigenvalue weighted by Gasteiger charge is -2.29. The SMILES string of the molecule is CC(C)c1ncc(C(=O)Nc2c(-c3ccccc3F)ccnc2C2CCC(F)(F)CC2)cn1. The number of alkyl halides is 2. The van der Waals surface area contributed by atoms with E-state index in [1.165, 1.54) is 24.7 Å². The molecular formula is C25H25F3N4O. The number of aromatic nitrogens is 3. The molecule has 0 unspecified atom stereocenters. The quantitative estimate of drug-likeness (QED) is 0.488. The van der Waals surface area contributed by atoms with Gasteiger partial charge in [0.1, 0.15) is 11.6 Å². The summed E-state index contributed by atoms with van der Waals surface area (Å²) in [4.78, 5) is 26.0. The van der Waals surface area contributed by atoms with Crippen molar-refractivity contribution in [1.29, 1.82) is 0 Å². The molecule has 172 valence electrons. The van der Waals surface area contributed by atoms with Gasteiger partial charge in [0.15, 0.2) is 0 Å². The molecule has 4 rings (SSSR count). The van der Waals surface area contributed by atoms with Crippen LogP contribution in [0.3, 0.4) is 0 Å². The highest BCUT2D eigenvalue weighted by Crippen LogP contribution is 2.44. The second-order valence-corrected chi connectivity index (χ2v) is 8.67. The van der Waals surface area contributed by atoms with Gasteiger partial charge in [0.2, 0.25) is 5.92 Å². The molecule has 2 heterocycles. The van der Waals surface area contributed by atoms with Crippen molar-refractivity contribution in [3.8, 4) is 11.1 Å². The van der Waals surface area contributed by atoms with Crippen LogP contribution in [0.25, 0.3) is 11.1 Å². The monoisotopic (exact) mass is 454 g/mol. The summed E-state index contributed by atoms with van der Waals surface area (Å²) < 4.78 is 42.2. The second kappa shape index (κ2) is 9.29. The van der Waals surface area contributed by atoms with Gasteiger partial charge in [-0.25, -0.2) is 23.1 Å². The third kappa shape index (κ3) is 5.05. The van der Waals surface area contributed by atoms with E-state index in [4.69, 9.17) is 0 Å². The summed E-state index contributed by atoms with van der Waals surface area (Å²) in [6.45, 7) is 3.90. The fourth-order valence-corrected chi connectivity index (χ4v) is 4.08. The van der Waals surface area contributed by atoms with Crippen molar-refractivity contribution in [3.05, 3.63) is 71.8 Å². The van der Waals surface area contributed by atoms with Gasteiger partial charge >= 0.3 is 0 Å². The maximum absolute atomic E-state index is 14.7. The largest absolute Gasteiger partial charge is 0.320 e. The Morgan fingerprint density at radius 2 is 1.70 bits per heavy atom. The molecule has 3 aromatic rings. The van der Waals surface area contributed by atoms with Crippen molar-refractivity contribution in [2.45, 2.75) is 57.3 Å². The number of anilines is 1. The zero-order valence-corrected chi connectivity index (χ0v) is 18.5. The molecule has 1 saturated carbocycles. The molecule has 0 bridgehead atoms. The van der Waals surface area contributed by atoms with Crippen molar-refractivity contribution in [3.63, 3.8) is 0 Å². The lowest BCUT2D eigenvalue weighted by Crippen LogP contribution is -2.25. The molecule has 1 aromatic carbocycles. The van der Waals surface area contributed by atoms with Crippen molar-refractivity contribution in [2.24, 2.45) is 0 Å². The van der Waals surface area contributed by atoms with Crippen LogP contribution in [0, 0.1) is 5.82 Å². The zero-order chi connectivity index (χ0) is 23.6. The molecule has 1 N–H and O–H groups in total. The normalized spacial score (nSPS) is 16.1. The van der Waals surface area contributed by atoms with Gasteiger partial charge in [-0.2, -0.15) is 0 Å². The summed E-state index contributed by atoms with van der Waals surface area (Å²) in [5.74, 6) is -3.17. The van der Waals surface area contributed by atoms with Crippen molar-refractivity contribution >= 4 is 11.6 Å². The fourth-order valence-electron chi connectivity index (χ4n) is 4.08. The smallest absolute Gasteiger partial charge is 0.258 e. The topological polar surface area (TPSA) is 67.8 Å². The van der Waals surface area contributed by atoms with Crippen LogP contribution in [-0.4, -0.2) is 26.8 Å². The van der Waals surface area contributed by atoms with Crippen molar-refractivity contribution < 1.29 is 18.0 Å². The maximum atomic E-state index is 14.7. The number of halogens is 3. The van der Waals surface area contributed by atoms with E-state index in [0.29, 0.717) is 28.3 Å². The van der Waals surface area contributed by atoms with E-state index in [1.54, 1.807) is 24.3 Å². The summed E-state index contributed by atoms with van der Waals surface area (Å²) >= 11 is 0. The Morgan fingerprint density at radius 3 is 2.33 bits per heavy atom. The van der Waals surface area contributed by atoms with Gasteiger partial charge in [0.25, 0.3) is 5.91 Å². The Morgan fingerprint density at radius 1 is 1.03 bits per heavy atom. The molecule has 1 aliphatic rings. The van der Waals surface area contributed by atoms with Gasteiger partial charge in [-0.1, -0.05) is 32.0 Å². The Labute approximate surface area is 190 Å². The number of nitrogens with one attached hydrogen (secondary N) is 1. The molecule has 2 aromatic heterocycles. The molecule has 1 fully saturated rings. The predicted octanol–water partition coefficient (Wildman–Crippen LogP) is 6.35. The summed E-state index contributed by atoms with van der Waals surface area (Å²) in [6, 6.07) is 7.84. The maximum Gasteiger partial charge on any atom is 0.258 e. The van der Waals surface area contributed by atoms with E-state index < -0.39 is 17.6 Å². The first-order valence-electron chi connectivity index (χ1n) is 11.0. The minimum absolute atomic E-state index is 0.115. The van der Waals surface area contributed by atoms with E-state index in [2.05, 4.69) is 20.3 Å². The van der Waals surface area contributed by atoms with Crippen LogP contribution in [0.1, 0.15) is 73.2 Å². The number of carbonyl (C=O) groups excluding carboxylic acids is 1. The van der Waals surface area contributed by atoms with Crippen LogP contribution in [0.15, 0.2) is 48.9 Å². The number of hydrogen-bond donors (Lipinski definition) is 1. The number of carbonyl (C=O) groups is 1. The minimum atomic E-state index is -2.70. The standard InChI is InChI=1S/C25H25F3N4O/c1-15(2)23-30-13-17(14-31-23)24(33)32-22-19(18-5-3-4-6-20(18)26)9-12-29-21(22)16-7-10-25(27,28)11-8-16/h3-6,9,12-16H,7-8,10-11H2,1-2H3,(H,32,33). The predicted molar refractivity (Wildman–Crippen MR) is 120 cm³/mol. The van der Waals surface area contributed by atoms with Crippen LogP contribution < -0.4 is 5.32 Å². The van der Waals surface area contributed by atoms with Crippen LogP contribution in [0.2, 0.25) is 0 Å². The van der Waals surface area contributed by atoms with Gasteiger partial charge < -0.3 is 5.32 Å². The number of amides is 1. The highest BCUT2D eigenvalue weighted by atomic mass is 19.3. The average Bonchev–Trinajstić information content (AvgIpc) is 2.80. The lowest BCUT2D eigenvalue weighted by atomic mass is 9.83. The first-order chi connectivity index (χ1) is 15.7. The van der Waals surface area contributed by atoms with E-state index in [1.807, 2.05) is 13.8 Å².